The lowest BCUT2D eigenvalue weighted by molar-refractivity contribution is -0.133. The molecule has 2 amide bonds. The van der Waals surface area contributed by atoms with Gasteiger partial charge in [-0.3, -0.25) is 9.59 Å². The lowest BCUT2D eigenvalue weighted by atomic mass is 9.97. The van der Waals surface area contributed by atoms with E-state index in [4.69, 9.17) is 0 Å². The molecule has 2 fully saturated rings. The molecule has 0 saturated carbocycles. The SMILES string of the molecule is Cc1csc(C2CCN(C(=O)C3CSC(=O)N3)CC2)n1. The Morgan fingerprint density at radius 3 is 2.75 bits per heavy atom. The maximum absolute atomic E-state index is 12.3. The molecule has 3 rings (SSSR count). The van der Waals surface area contributed by atoms with Crippen molar-refractivity contribution in [1.29, 1.82) is 0 Å². The largest absolute Gasteiger partial charge is 0.341 e. The molecule has 20 heavy (non-hydrogen) atoms. The van der Waals surface area contributed by atoms with Gasteiger partial charge in [0.05, 0.1) is 5.01 Å². The Morgan fingerprint density at radius 1 is 1.45 bits per heavy atom. The average molecular weight is 311 g/mol. The van der Waals surface area contributed by atoms with E-state index >= 15 is 0 Å². The van der Waals surface area contributed by atoms with Gasteiger partial charge in [0, 0.05) is 35.8 Å². The van der Waals surface area contributed by atoms with Gasteiger partial charge in [-0.25, -0.2) is 4.98 Å². The Kier molecular flexibility index (Phi) is 3.98. The highest BCUT2D eigenvalue weighted by molar-refractivity contribution is 8.14. The molecule has 108 valence electrons. The van der Waals surface area contributed by atoms with Gasteiger partial charge in [-0.1, -0.05) is 11.8 Å². The van der Waals surface area contributed by atoms with Gasteiger partial charge >= 0.3 is 0 Å². The van der Waals surface area contributed by atoms with E-state index < -0.39 is 0 Å². The number of thioether (sulfide) groups is 1. The summed E-state index contributed by atoms with van der Waals surface area (Å²) < 4.78 is 0. The highest BCUT2D eigenvalue weighted by atomic mass is 32.2. The molecule has 2 saturated heterocycles. The van der Waals surface area contributed by atoms with Crippen LogP contribution >= 0.6 is 23.1 Å². The molecule has 0 aromatic carbocycles. The van der Waals surface area contributed by atoms with Gasteiger partial charge in [-0.2, -0.15) is 0 Å². The summed E-state index contributed by atoms with van der Waals surface area (Å²) in [5.41, 5.74) is 1.08. The van der Waals surface area contributed by atoms with Crippen molar-refractivity contribution in [3.63, 3.8) is 0 Å². The number of carbonyl (C=O) groups is 2. The topological polar surface area (TPSA) is 62.3 Å². The Morgan fingerprint density at radius 2 is 2.20 bits per heavy atom. The van der Waals surface area contributed by atoms with E-state index in [0.29, 0.717) is 11.7 Å². The highest BCUT2D eigenvalue weighted by Gasteiger charge is 2.33. The number of hydrogen-bond donors (Lipinski definition) is 1. The summed E-state index contributed by atoms with van der Waals surface area (Å²) >= 11 is 2.91. The highest BCUT2D eigenvalue weighted by Crippen LogP contribution is 2.30. The number of piperidine rings is 1. The van der Waals surface area contributed by atoms with Crippen LogP contribution in [0.1, 0.15) is 29.5 Å². The van der Waals surface area contributed by atoms with E-state index in [1.54, 1.807) is 11.3 Å². The third-order valence-corrected chi connectivity index (χ3v) is 5.77. The molecule has 1 unspecified atom stereocenters. The van der Waals surface area contributed by atoms with E-state index in [1.165, 1.54) is 16.8 Å². The van der Waals surface area contributed by atoms with Gasteiger partial charge in [-0.15, -0.1) is 11.3 Å². The molecule has 2 aliphatic heterocycles. The summed E-state index contributed by atoms with van der Waals surface area (Å²) in [6.45, 7) is 3.54. The van der Waals surface area contributed by atoms with Crippen LogP contribution in [0.25, 0.3) is 0 Å². The van der Waals surface area contributed by atoms with Crippen molar-refractivity contribution in [3.05, 3.63) is 16.1 Å². The second kappa shape index (κ2) is 5.73. The first-order valence-corrected chi connectivity index (χ1v) is 8.64. The van der Waals surface area contributed by atoms with Gasteiger partial charge in [-0.05, 0) is 19.8 Å². The monoisotopic (exact) mass is 311 g/mol. The van der Waals surface area contributed by atoms with Gasteiger partial charge in [0.1, 0.15) is 6.04 Å². The fraction of sp³-hybridized carbons (Fsp3) is 0.615. The maximum atomic E-state index is 12.3. The summed E-state index contributed by atoms with van der Waals surface area (Å²) in [4.78, 5) is 29.9. The molecule has 0 radical (unpaired) electrons. The Bertz CT molecular complexity index is 523. The van der Waals surface area contributed by atoms with Gasteiger partial charge in [0.2, 0.25) is 5.91 Å². The summed E-state index contributed by atoms with van der Waals surface area (Å²) in [5, 5.41) is 5.91. The normalized spacial score (nSPS) is 23.9. The van der Waals surface area contributed by atoms with Crippen LogP contribution in [0.4, 0.5) is 4.79 Å². The molecule has 0 spiro atoms. The van der Waals surface area contributed by atoms with Crippen LogP contribution in [0.15, 0.2) is 5.38 Å². The number of likely N-dealkylation sites (tertiary alicyclic amines) is 1. The first kappa shape index (κ1) is 13.9. The lowest BCUT2D eigenvalue weighted by Crippen LogP contribution is -2.48. The fourth-order valence-electron chi connectivity index (χ4n) is 2.64. The van der Waals surface area contributed by atoms with Crippen molar-refractivity contribution < 1.29 is 9.59 Å². The molecular formula is C13H17N3O2S2. The molecule has 1 aromatic heterocycles. The average Bonchev–Trinajstić information content (AvgIpc) is 3.07. The van der Waals surface area contributed by atoms with Gasteiger partial charge in [0.25, 0.3) is 5.24 Å². The maximum Gasteiger partial charge on any atom is 0.279 e. The quantitative estimate of drug-likeness (QED) is 0.907. The molecule has 0 bridgehead atoms. The molecule has 1 aromatic rings. The molecule has 0 aliphatic carbocycles. The summed E-state index contributed by atoms with van der Waals surface area (Å²) in [6.07, 6.45) is 1.93. The van der Waals surface area contributed by atoms with E-state index in [9.17, 15) is 9.59 Å². The zero-order valence-electron chi connectivity index (χ0n) is 11.3. The van der Waals surface area contributed by atoms with Crippen LogP contribution < -0.4 is 5.32 Å². The fourth-order valence-corrected chi connectivity index (χ4v) is 4.38. The van der Waals surface area contributed by atoms with Crippen molar-refractivity contribution in [2.24, 2.45) is 0 Å². The first-order chi connectivity index (χ1) is 9.63. The third kappa shape index (κ3) is 2.83. The van der Waals surface area contributed by atoms with Gasteiger partial charge < -0.3 is 10.2 Å². The van der Waals surface area contributed by atoms with E-state index in [2.05, 4.69) is 15.7 Å². The van der Waals surface area contributed by atoms with E-state index in [0.717, 1.165) is 31.6 Å². The van der Waals surface area contributed by atoms with Crippen LogP contribution in [0.5, 0.6) is 0 Å². The first-order valence-electron chi connectivity index (χ1n) is 6.77. The van der Waals surface area contributed by atoms with Crippen molar-refractivity contribution in [2.75, 3.05) is 18.8 Å². The third-order valence-electron chi connectivity index (χ3n) is 3.76. The van der Waals surface area contributed by atoms with E-state index in [-0.39, 0.29) is 17.2 Å². The number of aryl methyl sites for hydroxylation is 1. The number of aromatic nitrogens is 1. The lowest BCUT2D eigenvalue weighted by Gasteiger charge is -2.32. The summed E-state index contributed by atoms with van der Waals surface area (Å²) in [5.74, 6) is 1.10. The number of hydrogen-bond acceptors (Lipinski definition) is 5. The summed E-state index contributed by atoms with van der Waals surface area (Å²) in [7, 11) is 0. The van der Waals surface area contributed by atoms with Crippen LogP contribution in [0, 0.1) is 6.92 Å². The van der Waals surface area contributed by atoms with Crippen molar-refractivity contribution >= 4 is 34.2 Å². The van der Waals surface area contributed by atoms with Crippen LogP contribution in [-0.4, -0.2) is 45.9 Å². The standard InChI is InChI=1S/C13H17N3O2S2/c1-8-6-19-11(14-8)9-2-4-16(5-3-9)12(17)10-7-20-13(18)15-10/h6,9-10H,2-5,7H2,1H3,(H,15,18). The van der Waals surface area contributed by atoms with Gasteiger partial charge in [0.15, 0.2) is 0 Å². The minimum absolute atomic E-state index is 0.0668. The number of carbonyl (C=O) groups excluding carboxylic acids is 2. The van der Waals surface area contributed by atoms with Crippen molar-refractivity contribution in [3.8, 4) is 0 Å². The zero-order valence-corrected chi connectivity index (χ0v) is 12.9. The molecule has 7 heteroatoms. The predicted molar refractivity (Wildman–Crippen MR) is 80.2 cm³/mol. The number of nitrogens with one attached hydrogen (secondary N) is 1. The Hall–Kier alpha value is -1.08. The van der Waals surface area contributed by atoms with E-state index in [1.807, 2.05) is 11.8 Å². The second-order valence-corrected chi connectivity index (χ2v) is 7.10. The van der Waals surface area contributed by atoms with Crippen molar-refractivity contribution in [1.82, 2.24) is 15.2 Å². The van der Waals surface area contributed by atoms with Crippen LogP contribution in [0.2, 0.25) is 0 Å². The smallest absolute Gasteiger partial charge is 0.279 e. The molecule has 1 N–H and O–H groups in total. The second-order valence-electron chi connectivity index (χ2n) is 5.22. The number of rotatable bonds is 2. The number of amides is 2. The summed E-state index contributed by atoms with van der Waals surface area (Å²) in [6, 6.07) is -0.328. The minimum Gasteiger partial charge on any atom is -0.341 e. The molecular weight excluding hydrogens is 294 g/mol. The minimum atomic E-state index is -0.328. The van der Waals surface area contributed by atoms with Crippen LogP contribution in [0.3, 0.4) is 0 Å². The number of thiazole rings is 1. The molecule has 2 aliphatic rings. The molecule has 5 nitrogen and oxygen atoms in total. The van der Waals surface area contributed by atoms with Crippen LogP contribution in [-0.2, 0) is 4.79 Å². The van der Waals surface area contributed by atoms with Crippen molar-refractivity contribution in [2.45, 2.75) is 31.7 Å². The Balaban J connectivity index is 1.55. The number of nitrogens with zero attached hydrogens (tertiary/aromatic N) is 2. The zero-order chi connectivity index (χ0) is 14.1. The molecule has 1 atom stereocenters. The Labute approximate surface area is 126 Å². The molecule has 3 heterocycles. The predicted octanol–water partition coefficient (Wildman–Crippen LogP) is 1.98.